The molecule has 4 nitrogen and oxygen atoms in total. The average Bonchev–Trinajstić information content (AvgIpc) is 2.39. The van der Waals surface area contributed by atoms with Crippen LogP contribution in [0.5, 0.6) is 0 Å². The average molecular weight is 236 g/mol. The predicted molar refractivity (Wildman–Crippen MR) is 61.4 cm³/mol. The molecule has 1 unspecified atom stereocenters. The van der Waals surface area contributed by atoms with Gasteiger partial charge in [-0.05, 0) is 12.0 Å². The minimum atomic E-state index is -0.535. The van der Waals surface area contributed by atoms with Gasteiger partial charge in [0.1, 0.15) is 6.61 Å². The number of esters is 1. The zero-order valence-corrected chi connectivity index (χ0v) is 9.63. The van der Waals surface area contributed by atoms with Crippen LogP contribution in [0.15, 0.2) is 30.3 Å². The van der Waals surface area contributed by atoms with Crippen molar-refractivity contribution in [1.29, 1.82) is 0 Å². The number of carbonyl (C=O) groups is 1. The molecule has 0 saturated carbocycles. The van der Waals surface area contributed by atoms with E-state index in [0.717, 1.165) is 5.56 Å². The van der Waals surface area contributed by atoms with Gasteiger partial charge in [-0.1, -0.05) is 30.3 Å². The van der Waals surface area contributed by atoms with Crippen molar-refractivity contribution >= 4 is 5.97 Å². The Kier molecular flexibility index (Phi) is 4.53. The predicted octanol–water partition coefficient (Wildman–Crippen LogP) is 1.54. The van der Waals surface area contributed by atoms with Crippen LogP contribution in [0.25, 0.3) is 0 Å². The van der Waals surface area contributed by atoms with E-state index in [1.807, 2.05) is 30.3 Å². The lowest BCUT2D eigenvalue weighted by Crippen LogP contribution is -2.32. The molecule has 1 atom stereocenters. The molecule has 4 heteroatoms. The Labute approximate surface area is 100 Å². The number of aryl methyl sites for hydroxylation is 1. The highest BCUT2D eigenvalue weighted by atomic mass is 16.7. The molecule has 92 valence electrons. The number of hydrogen-bond donors (Lipinski definition) is 0. The van der Waals surface area contributed by atoms with Gasteiger partial charge in [-0.25, -0.2) is 0 Å². The van der Waals surface area contributed by atoms with Crippen molar-refractivity contribution in [3.8, 4) is 0 Å². The third kappa shape index (κ3) is 4.17. The summed E-state index contributed by atoms with van der Waals surface area (Å²) in [6, 6.07) is 9.85. The lowest BCUT2D eigenvalue weighted by Gasteiger charge is -2.22. The number of benzene rings is 1. The molecule has 1 aliphatic heterocycles. The summed E-state index contributed by atoms with van der Waals surface area (Å²) < 4.78 is 15.5. The topological polar surface area (TPSA) is 44.8 Å². The maximum atomic E-state index is 11.5. The van der Waals surface area contributed by atoms with E-state index in [2.05, 4.69) is 0 Å². The summed E-state index contributed by atoms with van der Waals surface area (Å²) in [5, 5.41) is 0. The second-order valence-electron chi connectivity index (χ2n) is 3.85. The van der Waals surface area contributed by atoms with Gasteiger partial charge in [-0.3, -0.25) is 4.79 Å². The fourth-order valence-corrected chi connectivity index (χ4v) is 1.63. The minimum absolute atomic E-state index is 0.246. The Bertz CT molecular complexity index is 344. The van der Waals surface area contributed by atoms with Gasteiger partial charge in [0.15, 0.2) is 0 Å². The minimum Gasteiger partial charge on any atom is -0.433 e. The molecule has 0 bridgehead atoms. The maximum Gasteiger partial charge on any atom is 0.308 e. The van der Waals surface area contributed by atoms with E-state index < -0.39 is 6.29 Å². The van der Waals surface area contributed by atoms with Gasteiger partial charge in [-0.2, -0.15) is 0 Å². The third-order valence-corrected chi connectivity index (χ3v) is 2.51. The summed E-state index contributed by atoms with van der Waals surface area (Å²) in [5.41, 5.74) is 1.13. The van der Waals surface area contributed by atoms with Crippen LogP contribution in [0.2, 0.25) is 0 Å². The zero-order valence-electron chi connectivity index (χ0n) is 9.63. The van der Waals surface area contributed by atoms with Crippen molar-refractivity contribution in [3.05, 3.63) is 35.9 Å². The van der Waals surface area contributed by atoms with E-state index >= 15 is 0 Å². The molecule has 1 aromatic rings. The summed E-state index contributed by atoms with van der Waals surface area (Å²) in [5.74, 6) is -0.246. The molecule has 1 aliphatic rings. The number of rotatable bonds is 4. The summed E-state index contributed by atoms with van der Waals surface area (Å²) >= 11 is 0. The Morgan fingerprint density at radius 3 is 2.82 bits per heavy atom. The lowest BCUT2D eigenvalue weighted by atomic mass is 10.1. The molecule has 17 heavy (non-hydrogen) atoms. The first kappa shape index (κ1) is 12.1. The Morgan fingerprint density at radius 1 is 1.29 bits per heavy atom. The van der Waals surface area contributed by atoms with Gasteiger partial charge in [0.05, 0.1) is 13.2 Å². The molecule has 1 saturated heterocycles. The molecule has 0 N–H and O–H groups in total. The normalized spacial score (nSPS) is 19.9. The molecule has 2 rings (SSSR count). The van der Waals surface area contributed by atoms with Crippen LogP contribution in [-0.2, 0) is 25.4 Å². The summed E-state index contributed by atoms with van der Waals surface area (Å²) in [6.45, 7) is 1.38. The van der Waals surface area contributed by atoms with Crippen molar-refractivity contribution in [2.75, 3.05) is 19.8 Å². The van der Waals surface area contributed by atoms with Gasteiger partial charge in [0, 0.05) is 6.42 Å². The Balaban J connectivity index is 1.70. The highest BCUT2D eigenvalue weighted by Gasteiger charge is 2.18. The van der Waals surface area contributed by atoms with Crippen LogP contribution in [0.1, 0.15) is 12.0 Å². The second-order valence-corrected chi connectivity index (χ2v) is 3.85. The van der Waals surface area contributed by atoms with Crippen LogP contribution < -0.4 is 0 Å². The largest absolute Gasteiger partial charge is 0.433 e. The summed E-state index contributed by atoms with van der Waals surface area (Å²) in [7, 11) is 0. The van der Waals surface area contributed by atoms with Crippen molar-refractivity contribution in [2.24, 2.45) is 0 Å². The maximum absolute atomic E-state index is 11.5. The van der Waals surface area contributed by atoms with Crippen molar-refractivity contribution in [2.45, 2.75) is 19.1 Å². The van der Waals surface area contributed by atoms with Crippen LogP contribution in [-0.4, -0.2) is 32.1 Å². The quantitative estimate of drug-likeness (QED) is 0.744. The van der Waals surface area contributed by atoms with Crippen LogP contribution >= 0.6 is 0 Å². The monoisotopic (exact) mass is 236 g/mol. The van der Waals surface area contributed by atoms with E-state index in [1.54, 1.807) is 0 Å². The highest BCUT2D eigenvalue weighted by Crippen LogP contribution is 2.07. The number of carbonyl (C=O) groups excluding carboxylic acids is 1. The van der Waals surface area contributed by atoms with E-state index in [4.69, 9.17) is 14.2 Å². The van der Waals surface area contributed by atoms with E-state index in [1.165, 1.54) is 0 Å². The molecule has 0 radical (unpaired) electrons. The first-order chi connectivity index (χ1) is 8.34. The second kappa shape index (κ2) is 6.37. The molecule has 0 aromatic heterocycles. The molecular formula is C13H16O4. The van der Waals surface area contributed by atoms with Crippen LogP contribution in [0.4, 0.5) is 0 Å². The van der Waals surface area contributed by atoms with Crippen molar-refractivity contribution in [3.63, 3.8) is 0 Å². The summed E-state index contributed by atoms with van der Waals surface area (Å²) in [4.78, 5) is 11.5. The molecule has 0 amide bonds. The van der Waals surface area contributed by atoms with Crippen molar-refractivity contribution < 1.29 is 19.0 Å². The highest BCUT2D eigenvalue weighted by molar-refractivity contribution is 5.69. The molecule has 1 aromatic carbocycles. The molecule has 1 fully saturated rings. The van der Waals surface area contributed by atoms with Gasteiger partial charge in [0.25, 0.3) is 0 Å². The van der Waals surface area contributed by atoms with E-state index in [0.29, 0.717) is 32.7 Å². The first-order valence-corrected chi connectivity index (χ1v) is 5.77. The number of hydrogen-bond acceptors (Lipinski definition) is 4. The lowest BCUT2D eigenvalue weighted by molar-refractivity contribution is -0.214. The van der Waals surface area contributed by atoms with Crippen LogP contribution in [0, 0.1) is 0 Å². The Hall–Kier alpha value is -1.39. The van der Waals surface area contributed by atoms with Gasteiger partial charge in [0.2, 0.25) is 6.29 Å². The first-order valence-electron chi connectivity index (χ1n) is 5.77. The van der Waals surface area contributed by atoms with Gasteiger partial charge in [-0.15, -0.1) is 0 Å². The smallest absolute Gasteiger partial charge is 0.308 e. The van der Waals surface area contributed by atoms with E-state index in [-0.39, 0.29) is 5.97 Å². The number of ether oxygens (including phenoxy) is 3. The van der Waals surface area contributed by atoms with Gasteiger partial charge >= 0.3 is 5.97 Å². The molecule has 1 heterocycles. The summed E-state index contributed by atoms with van der Waals surface area (Å²) in [6.07, 6.45) is 0.518. The fraction of sp³-hybridized carbons (Fsp3) is 0.462. The SMILES string of the molecule is O=C(CCc1ccccc1)OC1COCCO1. The molecular weight excluding hydrogens is 220 g/mol. The van der Waals surface area contributed by atoms with E-state index in [9.17, 15) is 4.79 Å². The van der Waals surface area contributed by atoms with Crippen molar-refractivity contribution in [1.82, 2.24) is 0 Å². The molecule has 0 aliphatic carbocycles. The van der Waals surface area contributed by atoms with Crippen LogP contribution in [0.3, 0.4) is 0 Å². The third-order valence-electron chi connectivity index (χ3n) is 2.51. The molecule has 0 spiro atoms. The standard InChI is InChI=1S/C13H16O4/c14-12(17-13-10-15-8-9-16-13)7-6-11-4-2-1-3-5-11/h1-5,13H,6-10H2. The van der Waals surface area contributed by atoms with Gasteiger partial charge < -0.3 is 14.2 Å². The zero-order chi connectivity index (χ0) is 11.9. The fourth-order valence-electron chi connectivity index (χ4n) is 1.63. The Morgan fingerprint density at radius 2 is 2.12 bits per heavy atom.